The minimum absolute atomic E-state index is 0.191. The molecule has 0 saturated heterocycles. The molecule has 0 N–H and O–H groups in total. The number of carbonyl (C=O) groups excluding carboxylic acids is 3. The maximum atomic E-state index is 11.1. The molecule has 0 bridgehead atoms. The highest BCUT2D eigenvalue weighted by molar-refractivity contribution is 6.49. The molecule has 0 amide bonds. The molecule has 0 radical (unpaired) electrons. The van der Waals surface area contributed by atoms with E-state index in [9.17, 15) is 14.4 Å². The normalized spacial score (nSPS) is 23.5. The van der Waals surface area contributed by atoms with Gasteiger partial charge in [0, 0.05) is 0 Å². The molecule has 0 spiro atoms. The Morgan fingerprint density at radius 2 is 2.00 bits per heavy atom. The van der Waals surface area contributed by atoms with Gasteiger partial charge in [-0.05, 0) is 12.8 Å². The monoisotopic (exact) mass is 180 g/mol. The fraction of sp³-hybridized carbons (Fsp3) is 0.500. The lowest BCUT2D eigenvalue weighted by atomic mass is 10.0. The maximum Gasteiger partial charge on any atom is 0.209 e. The van der Waals surface area contributed by atoms with Gasteiger partial charge in [-0.2, -0.15) is 0 Å². The standard InChI is InChI=1S/C10H12O3/c1-2-3-4-5-7-8(11)6-9(12)10(7)13/h3-4,7H,2,5-6H2,1H3. The third-order valence-corrected chi connectivity index (χ3v) is 2.09. The summed E-state index contributed by atoms with van der Waals surface area (Å²) in [6.07, 6.45) is 4.76. The number of Topliss-reactive ketones (excluding diaryl/α,β-unsaturated/α-hetero) is 3. The third-order valence-electron chi connectivity index (χ3n) is 2.09. The Morgan fingerprint density at radius 1 is 1.31 bits per heavy atom. The zero-order valence-corrected chi connectivity index (χ0v) is 7.58. The predicted octanol–water partition coefficient (Wildman–Crippen LogP) is 1.07. The van der Waals surface area contributed by atoms with E-state index < -0.39 is 17.5 Å². The largest absolute Gasteiger partial charge is 0.298 e. The molecule has 13 heavy (non-hydrogen) atoms. The summed E-state index contributed by atoms with van der Waals surface area (Å²) in [6, 6.07) is 0. The van der Waals surface area contributed by atoms with Gasteiger partial charge in [0.1, 0.15) is 0 Å². The van der Waals surface area contributed by atoms with Gasteiger partial charge < -0.3 is 0 Å². The average Bonchev–Trinajstić information content (AvgIpc) is 2.32. The van der Waals surface area contributed by atoms with Gasteiger partial charge in [-0.3, -0.25) is 14.4 Å². The van der Waals surface area contributed by atoms with Gasteiger partial charge in [0.05, 0.1) is 12.3 Å². The summed E-state index contributed by atoms with van der Waals surface area (Å²) in [5.74, 6) is -1.95. The van der Waals surface area contributed by atoms with Gasteiger partial charge in [0.25, 0.3) is 0 Å². The van der Waals surface area contributed by atoms with Gasteiger partial charge >= 0.3 is 0 Å². The van der Waals surface area contributed by atoms with E-state index in [1.54, 1.807) is 6.08 Å². The topological polar surface area (TPSA) is 51.2 Å². The van der Waals surface area contributed by atoms with E-state index >= 15 is 0 Å². The van der Waals surface area contributed by atoms with Gasteiger partial charge in [-0.25, -0.2) is 0 Å². The van der Waals surface area contributed by atoms with E-state index in [1.807, 2.05) is 13.0 Å². The highest BCUT2D eigenvalue weighted by Gasteiger charge is 2.38. The SMILES string of the molecule is CCC=CCC1C(=O)CC(=O)C1=O. The van der Waals surface area contributed by atoms with Gasteiger partial charge in [-0.15, -0.1) is 0 Å². The average molecular weight is 180 g/mol. The first-order chi connectivity index (χ1) is 6.16. The fourth-order valence-corrected chi connectivity index (χ4v) is 1.35. The lowest BCUT2D eigenvalue weighted by Gasteiger charge is -1.99. The van der Waals surface area contributed by atoms with Crippen LogP contribution < -0.4 is 0 Å². The Balaban J connectivity index is 2.59. The number of hydrogen-bond donors (Lipinski definition) is 0. The van der Waals surface area contributed by atoms with Crippen molar-refractivity contribution in [1.29, 1.82) is 0 Å². The van der Waals surface area contributed by atoms with Crippen molar-refractivity contribution in [3.05, 3.63) is 12.2 Å². The van der Waals surface area contributed by atoms with Crippen LogP contribution in [-0.2, 0) is 14.4 Å². The lowest BCUT2D eigenvalue weighted by molar-refractivity contribution is -0.135. The highest BCUT2D eigenvalue weighted by Crippen LogP contribution is 2.18. The van der Waals surface area contributed by atoms with E-state index in [1.165, 1.54) is 0 Å². The molecule has 0 heterocycles. The Hall–Kier alpha value is -1.25. The van der Waals surface area contributed by atoms with E-state index in [2.05, 4.69) is 0 Å². The van der Waals surface area contributed by atoms with Crippen molar-refractivity contribution in [3.8, 4) is 0 Å². The van der Waals surface area contributed by atoms with E-state index in [0.717, 1.165) is 6.42 Å². The van der Waals surface area contributed by atoms with Crippen molar-refractivity contribution < 1.29 is 14.4 Å². The van der Waals surface area contributed by atoms with Crippen molar-refractivity contribution in [2.24, 2.45) is 5.92 Å². The smallest absolute Gasteiger partial charge is 0.209 e. The zero-order chi connectivity index (χ0) is 9.84. The molecular weight excluding hydrogens is 168 g/mol. The third kappa shape index (κ3) is 2.11. The zero-order valence-electron chi connectivity index (χ0n) is 7.58. The molecule has 1 aliphatic rings. The van der Waals surface area contributed by atoms with Crippen LogP contribution in [0.1, 0.15) is 26.2 Å². The number of hydrogen-bond acceptors (Lipinski definition) is 3. The number of allylic oxidation sites excluding steroid dienone is 2. The highest BCUT2D eigenvalue weighted by atomic mass is 16.2. The molecule has 1 fully saturated rings. The number of rotatable bonds is 3. The molecule has 1 saturated carbocycles. The van der Waals surface area contributed by atoms with Crippen molar-refractivity contribution in [2.45, 2.75) is 26.2 Å². The summed E-state index contributed by atoms with van der Waals surface area (Å²) in [5.41, 5.74) is 0. The summed E-state index contributed by atoms with van der Waals surface area (Å²) >= 11 is 0. The molecule has 1 rings (SSSR count). The van der Waals surface area contributed by atoms with Crippen LogP contribution in [-0.4, -0.2) is 17.3 Å². The summed E-state index contributed by atoms with van der Waals surface area (Å²) in [6.45, 7) is 1.97. The quantitative estimate of drug-likeness (QED) is 0.371. The molecule has 0 aromatic heterocycles. The Labute approximate surface area is 76.8 Å². The fourth-order valence-electron chi connectivity index (χ4n) is 1.35. The summed E-state index contributed by atoms with van der Waals surface area (Å²) in [4.78, 5) is 33.1. The second kappa shape index (κ2) is 4.12. The van der Waals surface area contributed by atoms with Crippen LogP contribution >= 0.6 is 0 Å². The first-order valence-electron chi connectivity index (χ1n) is 4.41. The van der Waals surface area contributed by atoms with Gasteiger partial charge in [-0.1, -0.05) is 19.1 Å². The molecule has 1 unspecified atom stereocenters. The van der Waals surface area contributed by atoms with E-state index in [0.29, 0.717) is 6.42 Å². The van der Waals surface area contributed by atoms with E-state index in [4.69, 9.17) is 0 Å². The van der Waals surface area contributed by atoms with Crippen LogP contribution in [0.4, 0.5) is 0 Å². The molecule has 70 valence electrons. The Bertz CT molecular complexity index is 276. The van der Waals surface area contributed by atoms with Crippen molar-refractivity contribution in [1.82, 2.24) is 0 Å². The predicted molar refractivity (Wildman–Crippen MR) is 47.2 cm³/mol. The van der Waals surface area contributed by atoms with Crippen molar-refractivity contribution in [3.63, 3.8) is 0 Å². The molecule has 0 aliphatic heterocycles. The Morgan fingerprint density at radius 3 is 2.46 bits per heavy atom. The van der Waals surface area contributed by atoms with Crippen LogP contribution in [0, 0.1) is 5.92 Å². The van der Waals surface area contributed by atoms with Crippen LogP contribution in [0.5, 0.6) is 0 Å². The molecule has 0 aromatic rings. The Kier molecular flexibility index (Phi) is 3.12. The van der Waals surface area contributed by atoms with Crippen molar-refractivity contribution in [2.75, 3.05) is 0 Å². The molecule has 1 atom stereocenters. The van der Waals surface area contributed by atoms with Crippen LogP contribution in [0.25, 0.3) is 0 Å². The summed E-state index contributed by atoms with van der Waals surface area (Å²) < 4.78 is 0. The van der Waals surface area contributed by atoms with Crippen LogP contribution in [0.2, 0.25) is 0 Å². The summed E-state index contributed by atoms with van der Waals surface area (Å²) in [7, 11) is 0. The van der Waals surface area contributed by atoms with Crippen LogP contribution in [0.15, 0.2) is 12.2 Å². The van der Waals surface area contributed by atoms with Gasteiger partial charge in [0.2, 0.25) is 11.6 Å². The second-order valence-electron chi connectivity index (χ2n) is 3.10. The van der Waals surface area contributed by atoms with E-state index in [-0.39, 0.29) is 12.2 Å². The van der Waals surface area contributed by atoms with Gasteiger partial charge in [0.15, 0.2) is 5.78 Å². The van der Waals surface area contributed by atoms with Crippen LogP contribution in [0.3, 0.4) is 0 Å². The molecule has 1 aliphatic carbocycles. The minimum atomic E-state index is -0.685. The number of carbonyl (C=O) groups is 3. The second-order valence-corrected chi connectivity index (χ2v) is 3.10. The lowest BCUT2D eigenvalue weighted by Crippen LogP contribution is -2.15. The molecule has 3 heteroatoms. The van der Waals surface area contributed by atoms with Crippen molar-refractivity contribution >= 4 is 17.3 Å². The number of ketones is 3. The first kappa shape index (κ1) is 9.84. The minimum Gasteiger partial charge on any atom is -0.298 e. The maximum absolute atomic E-state index is 11.1. The first-order valence-corrected chi connectivity index (χ1v) is 4.41. The molecule has 0 aromatic carbocycles. The summed E-state index contributed by atoms with van der Waals surface area (Å²) in [5, 5.41) is 0. The molecular formula is C10H12O3. The molecule has 3 nitrogen and oxygen atoms in total.